The Kier molecular flexibility index (Phi) is 13.9. The third kappa shape index (κ3) is 14.3. The second-order valence-electron chi connectivity index (χ2n) is 6.45. The van der Waals surface area contributed by atoms with Crippen LogP contribution in [0.1, 0.15) is 98.3 Å². The largest absolute Gasteiger partial charge is 0.463 e. The van der Waals surface area contributed by atoms with Crippen molar-refractivity contribution in [3.63, 3.8) is 0 Å². The van der Waals surface area contributed by atoms with Gasteiger partial charge in [-0.15, -0.1) is 0 Å². The second kappa shape index (κ2) is 14.5. The van der Waals surface area contributed by atoms with Gasteiger partial charge in [-0.2, -0.15) is 0 Å². The first kappa shape index (κ1) is 21.9. The SMILES string of the molecule is CCCCCC(C)OC(=O)CCCC(=O)OC(C)CCCCC. The standard InChI is InChI=1S/C19H36O4/c1-5-7-9-12-16(3)22-18(20)14-11-15-19(21)23-17(4)13-10-8-6-2/h16-17H,5-15H2,1-4H3. The Hall–Kier alpha value is -1.06. The Morgan fingerprint density at radius 1 is 0.696 bits per heavy atom. The van der Waals surface area contributed by atoms with Gasteiger partial charge in [-0.05, 0) is 46.0 Å². The van der Waals surface area contributed by atoms with Crippen LogP contribution < -0.4 is 0 Å². The molecule has 0 aliphatic carbocycles. The second-order valence-corrected chi connectivity index (χ2v) is 6.45. The number of hydrogen-bond acceptors (Lipinski definition) is 4. The third-order valence-corrected chi connectivity index (χ3v) is 3.86. The van der Waals surface area contributed by atoms with Crippen LogP contribution in [-0.4, -0.2) is 24.1 Å². The number of carbonyl (C=O) groups excluding carboxylic acids is 2. The summed E-state index contributed by atoms with van der Waals surface area (Å²) in [4.78, 5) is 23.4. The van der Waals surface area contributed by atoms with Crippen LogP contribution >= 0.6 is 0 Å². The molecule has 4 heteroatoms. The number of unbranched alkanes of at least 4 members (excludes halogenated alkanes) is 4. The van der Waals surface area contributed by atoms with E-state index >= 15 is 0 Å². The molecule has 2 unspecified atom stereocenters. The highest BCUT2D eigenvalue weighted by Crippen LogP contribution is 2.10. The Morgan fingerprint density at radius 3 is 1.43 bits per heavy atom. The van der Waals surface area contributed by atoms with Crippen molar-refractivity contribution in [3.8, 4) is 0 Å². The Balaban J connectivity index is 3.67. The molecule has 0 rings (SSSR count). The first-order chi connectivity index (χ1) is 11.0. The highest BCUT2D eigenvalue weighted by atomic mass is 16.5. The van der Waals surface area contributed by atoms with E-state index in [9.17, 15) is 9.59 Å². The van der Waals surface area contributed by atoms with Crippen LogP contribution in [0.2, 0.25) is 0 Å². The predicted octanol–water partition coefficient (Wildman–Crippen LogP) is 5.18. The quantitative estimate of drug-likeness (QED) is 0.325. The van der Waals surface area contributed by atoms with Gasteiger partial charge in [0.25, 0.3) is 0 Å². The lowest BCUT2D eigenvalue weighted by Gasteiger charge is -2.14. The van der Waals surface area contributed by atoms with Gasteiger partial charge < -0.3 is 9.47 Å². The molecule has 0 spiro atoms. The number of rotatable bonds is 14. The number of esters is 2. The summed E-state index contributed by atoms with van der Waals surface area (Å²) in [5, 5.41) is 0. The van der Waals surface area contributed by atoms with E-state index in [1.54, 1.807) is 0 Å². The van der Waals surface area contributed by atoms with Crippen molar-refractivity contribution in [2.24, 2.45) is 0 Å². The molecular formula is C19H36O4. The lowest BCUT2D eigenvalue weighted by Crippen LogP contribution is -2.17. The molecule has 0 bridgehead atoms. The minimum Gasteiger partial charge on any atom is -0.463 e. The van der Waals surface area contributed by atoms with Gasteiger partial charge in [0.2, 0.25) is 0 Å². The molecule has 0 aromatic carbocycles. The molecule has 23 heavy (non-hydrogen) atoms. The van der Waals surface area contributed by atoms with Gasteiger partial charge in [0, 0.05) is 12.8 Å². The fraction of sp³-hybridized carbons (Fsp3) is 0.895. The maximum Gasteiger partial charge on any atom is 0.306 e. The van der Waals surface area contributed by atoms with E-state index in [1.165, 1.54) is 25.7 Å². The molecule has 0 fully saturated rings. The summed E-state index contributed by atoms with van der Waals surface area (Å²) in [6, 6.07) is 0. The van der Waals surface area contributed by atoms with Gasteiger partial charge in [0.1, 0.15) is 0 Å². The fourth-order valence-corrected chi connectivity index (χ4v) is 2.43. The number of ether oxygens (including phenoxy) is 2. The van der Waals surface area contributed by atoms with Crippen LogP contribution in [0, 0.1) is 0 Å². The van der Waals surface area contributed by atoms with E-state index in [2.05, 4.69) is 13.8 Å². The van der Waals surface area contributed by atoms with E-state index in [1.807, 2.05) is 13.8 Å². The van der Waals surface area contributed by atoms with E-state index in [-0.39, 0.29) is 37.0 Å². The summed E-state index contributed by atoms with van der Waals surface area (Å²) in [5.41, 5.74) is 0. The molecule has 0 N–H and O–H groups in total. The summed E-state index contributed by atoms with van der Waals surface area (Å²) >= 11 is 0. The maximum atomic E-state index is 11.7. The van der Waals surface area contributed by atoms with E-state index in [0.717, 1.165) is 25.7 Å². The van der Waals surface area contributed by atoms with E-state index in [4.69, 9.17) is 9.47 Å². The molecule has 0 saturated carbocycles. The summed E-state index contributed by atoms with van der Waals surface area (Å²) in [5.74, 6) is -0.421. The lowest BCUT2D eigenvalue weighted by atomic mass is 10.1. The van der Waals surface area contributed by atoms with Crippen LogP contribution in [0.5, 0.6) is 0 Å². The molecule has 4 nitrogen and oxygen atoms in total. The summed E-state index contributed by atoms with van der Waals surface area (Å²) < 4.78 is 10.7. The normalized spacial score (nSPS) is 13.4. The van der Waals surface area contributed by atoms with Crippen molar-refractivity contribution >= 4 is 11.9 Å². The molecule has 0 aliphatic rings. The molecule has 0 heterocycles. The van der Waals surface area contributed by atoms with Crippen LogP contribution in [0.3, 0.4) is 0 Å². The molecule has 0 saturated heterocycles. The van der Waals surface area contributed by atoms with Crippen molar-refractivity contribution in [2.75, 3.05) is 0 Å². The van der Waals surface area contributed by atoms with Crippen molar-refractivity contribution in [3.05, 3.63) is 0 Å². The summed E-state index contributed by atoms with van der Waals surface area (Å²) in [6.07, 6.45) is 9.71. The molecule has 0 aromatic rings. The average Bonchev–Trinajstić information content (AvgIpc) is 2.47. The molecule has 0 aromatic heterocycles. The smallest absolute Gasteiger partial charge is 0.306 e. The van der Waals surface area contributed by atoms with Crippen LogP contribution in [0.15, 0.2) is 0 Å². The highest BCUT2D eigenvalue weighted by molar-refractivity contribution is 5.72. The van der Waals surface area contributed by atoms with E-state index in [0.29, 0.717) is 6.42 Å². The van der Waals surface area contributed by atoms with Crippen LogP contribution in [0.25, 0.3) is 0 Å². The van der Waals surface area contributed by atoms with Crippen molar-refractivity contribution in [2.45, 2.75) is 111 Å². The first-order valence-corrected chi connectivity index (χ1v) is 9.38. The average molecular weight is 328 g/mol. The lowest BCUT2D eigenvalue weighted by molar-refractivity contribution is -0.150. The molecule has 136 valence electrons. The molecule has 2 atom stereocenters. The monoisotopic (exact) mass is 328 g/mol. The minimum absolute atomic E-state index is 0.0282. The molecule has 0 radical (unpaired) electrons. The zero-order valence-electron chi connectivity index (χ0n) is 15.6. The zero-order chi connectivity index (χ0) is 17.5. The topological polar surface area (TPSA) is 52.6 Å². The van der Waals surface area contributed by atoms with Crippen LogP contribution in [-0.2, 0) is 19.1 Å². The zero-order valence-corrected chi connectivity index (χ0v) is 15.6. The Labute approximate surface area is 142 Å². The third-order valence-electron chi connectivity index (χ3n) is 3.86. The predicted molar refractivity (Wildman–Crippen MR) is 93.2 cm³/mol. The Bertz CT molecular complexity index is 284. The summed E-state index contributed by atoms with van der Waals surface area (Å²) in [6.45, 7) is 8.17. The number of hydrogen-bond donors (Lipinski definition) is 0. The molecule has 0 amide bonds. The first-order valence-electron chi connectivity index (χ1n) is 9.38. The number of carbonyl (C=O) groups is 2. The van der Waals surface area contributed by atoms with Crippen molar-refractivity contribution < 1.29 is 19.1 Å². The van der Waals surface area contributed by atoms with Gasteiger partial charge in [-0.3, -0.25) is 9.59 Å². The fourth-order valence-electron chi connectivity index (χ4n) is 2.43. The minimum atomic E-state index is -0.210. The van der Waals surface area contributed by atoms with Crippen molar-refractivity contribution in [1.82, 2.24) is 0 Å². The highest BCUT2D eigenvalue weighted by Gasteiger charge is 2.12. The van der Waals surface area contributed by atoms with Crippen molar-refractivity contribution in [1.29, 1.82) is 0 Å². The van der Waals surface area contributed by atoms with E-state index < -0.39 is 0 Å². The van der Waals surface area contributed by atoms with Gasteiger partial charge in [-0.1, -0.05) is 39.5 Å². The van der Waals surface area contributed by atoms with Gasteiger partial charge in [-0.25, -0.2) is 0 Å². The van der Waals surface area contributed by atoms with Gasteiger partial charge in [0.05, 0.1) is 12.2 Å². The maximum absolute atomic E-state index is 11.7. The molecular weight excluding hydrogens is 292 g/mol. The van der Waals surface area contributed by atoms with Gasteiger partial charge in [0.15, 0.2) is 0 Å². The summed E-state index contributed by atoms with van der Waals surface area (Å²) in [7, 11) is 0. The molecule has 0 aliphatic heterocycles. The van der Waals surface area contributed by atoms with Crippen LogP contribution in [0.4, 0.5) is 0 Å². The Morgan fingerprint density at radius 2 is 1.09 bits per heavy atom. The van der Waals surface area contributed by atoms with Gasteiger partial charge >= 0.3 is 11.9 Å².